The van der Waals surface area contributed by atoms with Gasteiger partial charge in [-0.15, -0.1) is 0 Å². The van der Waals surface area contributed by atoms with Crippen molar-refractivity contribution in [3.8, 4) is 44.5 Å². The normalized spacial score (nSPS) is 12.0. The van der Waals surface area contributed by atoms with E-state index in [9.17, 15) is 0 Å². The van der Waals surface area contributed by atoms with Crippen LogP contribution < -0.4 is 18.3 Å². The molecule has 0 aliphatic carbocycles. The molecular weight excluding hydrogens is 1330 g/mol. The van der Waals surface area contributed by atoms with Gasteiger partial charge in [-0.25, -0.2) is 28.2 Å². The third-order valence-corrected chi connectivity index (χ3v) is 18.8. The zero-order chi connectivity index (χ0) is 72.2. The summed E-state index contributed by atoms with van der Waals surface area (Å²) in [5.41, 5.74) is 25.5. The van der Waals surface area contributed by atoms with Crippen molar-refractivity contribution in [2.24, 2.45) is 40.9 Å². The Kier molecular flexibility index (Phi) is 19.2. The summed E-state index contributed by atoms with van der Waals surface area (Å²) in [6.07, 6.45) is 25.6. The highest BCUT2D eigenvalue weighted by molar-refractivity contribution is 6.00. The Bertz CT molecular complexity index is 5820. The zero-order valence-electron chi connectivity index (χ0n) is 58.7. The molecule has 2 aliphatic rings. The molecule has 0 saturated carbocycles. The first kappa shape index (κ1) is 66.6. The molecule has 0 spiro atoms. The fourth-order valence-electron chi connectivity index (χ4n) is 13.3. The van der Waals surface area contributed by atoms with E-state index in [1.807, 2.05) is 170 Å². The van der Waals surface area contributed by atoms with Gasteiger partial charge in [-0.3, -0.25) is 0 Å². The lowest BCUT2D eigenvalue weighted by atomic mass is 10.0. The molecule has 8 bridgehead atoms. The summed E-state index contributed by atoms with van der Waals surface area (Å²) in [6.45, 7) is 2.62. The van der Waals surface area contributed by atoms with Gasteiger partial charge in [-0.1, -0.05) is 121 Å². The van der Waals surface area contributed by atoms with Crippen LogP contribution in [0.4, 0.5) is 45.5 Å². The van der Waals surface area contributed by atoms with Crippen LogP contribution in [0, 0.1) is 0 Å². The number of benzene rings is 8. The summed E-state index contributed by atoms with van der Waals surface area (Å²) < 4.78 is 8.76. The van der Waals surface area contributed by atoms with Crippen molar-refractivity contribution in [1.29, 1.82) is 0 Å². The maximum absolute atomic E-state index is 5.67. The predicted molar refractivity (Wildman–Crippen MR) is 426 cm³/mol. The van der Waals surface area contributed by atoms with Gasteiger partial charge in [0.25, 0.3) is 0 Å². The van der Waals surface area contributed by atoms with E-state index < -0.39 is 0 Å². The Morgan fingerprint density at radius 2 is 0.407 bits per heavy atom. The van der Waals surface area contributed by atoms with Gasteiger partial charge in [0, 0.05) is 115 Å². The average Bonchev–Trinajstić information content (AvgIpc) is 1.61. The number of azo groups is 4. The van der Waals surface area contributed by atoms with Crippen molar-refractivity contribution < 1.29 is 18.3 Å². The first-order chi connectivity index (χ1) is 53.4. The van der Waals surface area contributed by atoms with Crippen LogP contribution >= 0.6 is 0 Å². The summed E-state index contributed by atoms with van der Waals surface area (Å²) in [5, 5.41) is 35.7. The minimum atomic E-state index is 0.649. The fourth-order valence-corrected chi connectivity index (χ4v) is 13.3. The molecule has 108 heavy (non-hydrogen) atoms. The summed E-state index contributed by atoms with van der Waals surface area (Å²) in [6, 6.07) is 98.2. The van der Waals surface area contributed by atoms with Crippen molar-refractivity contribution in [2.75, 3.05) is 0 Å². The maximum atomic E-state index is 5.67. The third-order valence-electron chi connectivity index (χ3n) is 18.8. The molecule has 0 unspecified atom stereocenters. The minimum absolute atomic E-state index is 0.649. The van der Waals surface area contributed by atoms with Crippen LogP contribution in [0.3, 0.4) is 0 Å². The molecule has 7 aromatic heterocycles. The van der Waals surface area contributed by atoms with Crippen LogP contribution in [-0.4, -0.2) is 19.9 Å². The molecular formula is C92H70N16+4. The third kappa shape index (κ3) is 15.8. The lowest BCUT2D eigenvalue weighted by Gasteiger charge is -2.07. The fraction of sp³-hybridized carbons (Fsp3) is 0.0435. The van der Waals surface area contributed by atoms with Crippen LogP contribution in [0.15, 0.2) is 382 Å². The highest BCUT2D eigenvalue weighted by atomic mass is 15.1. The Morgan fingerprint density at radius 3 is 0.657 bits per heavy atom. The van der Waals surface area contributed by atoms with E-state index in [1.54, 1.807) is 0 Å². The number of fused-ring (bicyclic) bond motifs is 8. The van der Waals surface area contributed by atoms with Gasteiger partial charge in [0.1, 0.15) is 0 Å². The Labute approximate surface area is 623 Å². The molecule has 16 nitrogen and oxygen atoms in total. The number of pyridine rings is 4. The van der Waals surface area contributed by atoms with Gasteiger partial charge >= 0.3 is 0 Å². The van der Waals surface area contributed by atoms with Gasteiger partial charge in [0.2, 0.25) is 0 Å². The minimum Gasteiger partial charge on any atom is -0.354 e. The second-order valence-electron chi connectivity index (χ2n) is 26.3. The summed E-state index contributed by atoms with van der Waals surface area (Å²) >= 11 is 0. The van der Waals surface area contributed by atoms with E-state index in [0.717, 1.165) is 157 Å². The molecule has 0 saturated heterocycles. The molecule has 15 aromatic rings. The topological polar surface area (TPSA) is 172 Å². The van der Waals surface area contributed by atoms with E-state index in [-0.39, 0.29) is 0 Å². The van der Waals surface area contributed by atoms with Gasteiger partial charge < -0.3 is 9.97 Å². The molecule has 0 atom stereocenters. The molecule has 9 heterocycles. The first-order valence-corrected chi connectivity index (χ1v) is 35.8. The van der Waals surface area contributed by atoms with E-state index in [4.69, 9.17) is 9.97 Å². The lowest BCUT2D eigenvalue weighted by Crippen LogP contribution is -2.33. The number of nitrogens with zero attached hydrogens (tertiary/aromatic N) is 14. The number of rotatable bonds is 20. The highest BCUT2D eigenvalue weighted by Crippen LogP contribution is 2.39. The quantitative estimate of drug-likeness (QED) is 0.0572. The first-order valence-electron chi connectivity index (χ1n) is 35.8. The van der Waals surface area contributed by atoms with Crippen LogP contribution in [0.25, 0.3) is 90.9 Å². The summed E-state index contributed by atoms with van der Waals surface area (Å²) in [7, 11) is 0. The Hall–Kier alpha value is -14.6. The van der Waals surface area contributed by atoms with E-state index in [0.29, 0.717) is 26.2 Å². The van der Waals surface area contributed by atoms with Crippen LogP contribution in [-0.2, 0) is 26.2 Å². The van der Waals surface area contributed by atoms with Gasteiger partial charge in [-0.2, -0.15) is 40.9 Å². The largest absolute Gasteiger partial charge is 0.354 e. The Morgan fingerprint density at radius 1 is 0.204 bits per heavy atom. The van der Waals surface area contributed by atoms with E-state index in [2.05, 4.69) is 264 Å². The monoisotopic (exact) mass is 1400 g/mol. The molecule has 514 valence electrons. The van der Waals surface area contributed by atoms with Crippen LogP contribution in [0.2, 0.25) is 0 Å². The van der Waals surface area contributed by atoms with Crippen molar-refractivity contribution in [3.05, 3.63) is 386 Å². The molecule has 17 rings (SSSR count). The summed E-state index contributed by atoms with van der Waals surface area (Å²) in [4.78, 5) is 19.3. The predicted octanol–water partition coefficient (Wildman–Crippen LogP) is 22.3. The second kappa shape index (κ2) is 31.1. The highest BCUT2D eigenvalue weighted by Gasteiger charge is 2.22. The van der Waals surface area contributed by atoms with E-state index >= 15 is 0 Å². The van der Waals surface area contributed by atoms with Crippen molar-refractivity contribution >= 4 is 91.9 Å². The molecule has 2 N–H and O–H groups in total. The molecule has 2 aliphatic heterocycles. The maximum Gasteiger partial charge on any atom is 0.173 e. The van der Waals surface area contributed by atoms with Crippen molar-refractivity contribution in [3.63, 3.8) is 0 Å². The molecule has 0 fully saturated rings. The number of aromatic amines is 2. The van der Waals surface area contributed by atoms with Crippen molar-refractivity contribution in [2.45, 2.75) is 26.2 Å². The van der Waals surface area contributed by atoms with Crippen LogP contribution in [0.1, 0.15) is 45.0 Å². The van der Waals surface area contributed by atoms with Gasteiger partial charge in [0.05, 0.1) is 68.3 Å². The number of hydrogen-bond donors (Lipinski definition) is 2. The Balaban J connectivity index is 0.772. The van der Waals surface area contributed by atoms with Gasteiger partial charge in [-0.05, 0) is 168 Å². The van der Waals surface area contributed by atoms with Gasteiger partial charge in [0.15, 0.2) is 75.8 Å². The lowest BCUT2D eigenvalue weighted by molar-refractivity contribution is -0.688. The average molecular weight is 1400 g/mol. The molecule has 0 radical (unpaired) electrons. The summed E-state index contributed by atoms with van der Waals surface area (Å²) in [5.74, 6) is 0. The van der Waals surface area contributed by atoms with E-state index in [1.165, 1.54) is 0 Å². The second-order valence-corrected chi connectivity index (χ2v) is 26.3. The number of nitrogens with one attached hydrogen (secondary N) is 2. The number of H-pyrrole nitrogens is 2. The molecule has 16 heteroatoms. The molecule has 8 aromatic carbocycles. The van der Waals surface area contributed by atoms with Crippen LogP contribution in [0.5, 0.6) is 0 Å². The zero-order valence-corrected chi connectivity index (χ0v) is 58.7. The molecule has 0 amide bonds. The number of aromatic nitrogens is 8. The van der Waals surface area contributed by atoms with Crippen molar-refractivity contribution in [1.82, 2.24) is 19.9 Å². The smallest absolute Gasteiger partial charge is 0.173 e. The standard InChI is InChI=1S/C92H69N16/c1-5-13-73(14-6-1)97-101-77-29-21-65(22-30-77)61-105-53-45-69(46-54-105)89-81-37-39-83(93-81)90(70-47-55-106(56-48-70)62-66-23-31-78(32-24-66)102-98-74-15-7-2-8-16-74)85-41-43-87(95-85)92(72-51-59-108(60-52-72)64-68-27-35-80(36-28-68)104-100-76-19-11-4-12-20-76)88-44-42-86(96-88)91(84-40-38-82(89)94-84)71-49-57-107(58-50-71)63-67-25-33-79(34-26-67)103-99-75-17-9-3-10-18-75/h1-60H,61-64H2,(H,93,94,95,96)/q+3/p+1. The number of hydrogen-bond acceptors (Lipinski definition) is 10. The SMILES string of the molecule is C1=Cc2nc1c(-c1cc[n+](Cc3ccc(N=Nc4ccccc4)cc3)cc1)c1nc(c(-c3cc[n+](Cc4ccc(N=Nc5ccccc5)cc4)cc3)c3ccc([nH]3)c(-c3cc[n+](Cc4ccc(N=Nc5ccccc5)cc4)cc3)c3ccc([nH]3)c2-c2cc[n+](Cc3ccc(N=Nc4ccccc4)cc3)cc2)C=C1.